The summed E-state index contributed by atoms with van der Waals surface area (Å²) in [6.07, 6.45) is 13.6. The highest BCUT2D eigenvalue weighted by Gasteiger charge is 2.56. The summed E-state index contributed by atoms with van der Waals surface area (Å²) in [7, 11) is 0. The topological polar surface area (TPSA) is 196 Å². The molecule has 10 rings (SSSR count). The average molecular weight is 934 g/mol. The Bertz CT molecular complexity index is 2780. The number of likely N-dealkylation sites (tertiary alicyclic amines) is 3. The van der Waals surface area contributed by atoms with E-state index >= 15 is 0 Å². The number of aliphatic hydroxyl groups is 1. The smallest absolute Gasteiger partial charge is 0.318 e. The van der Waals surface area contributed by atoms with Crippen LogP contribution in [0.1, 0.15) is 113 Å². The van der Waals surface area contributed by atoms with Crippen molar-refractivity contribution in [1.29, 1.82) is 0 Å². The summed E-state index contributed by atoms with van der Waals surface area (Å²) in [6, 6.07) is 14.7. The summed E-state index contributed by atoms with van der Waals surface area (Å²) in [4.78, 5) is 63.2. The van der Waals surface area contributed by atoms with E-state index in [1.165, 1.54) is 10.5 Å². The predicted octanol–water partition coefficient (Wildman–Crippen LogP) is 5.83. The van der Waals surface area contributed by atoms with Gasteiger partial charge in [-0.15, -0.1) is 16.6 Å². The molecule has 3 aromatic heterocycles. The molecule has 4 amide bonds. The molecular formula is C53H63N11O5. The standard InChI is InChI=1S/C53H63N11O5/c1-7-33-12-14-34(15-13-33)31(2)56-49(67)43-22-37(65)28-64(43)50(68)47(52(4,5)6)58-51(69)62-29-53(30-62)24-36(25-53)61-19-16-35(17-20-61)42-26-55-45(27-54-42)63-21-18-40-46(32(63)3)39-23-41(59-60-48(39)57-40)38-10-8-9-11-44(38)66/h1,8-15,23,26-27,31-32,35-37,43,47,65-66H,16-22,24-25,28-30H2,2-6H3,(H,56,67)(H,57,60)(H,58,69)/t31-,32+,37+,43-,47+/m0/s1. The molecule has 360 valence electrons. The van der Waals surface area contributed by atoms with Gasteiger partial charge in [-0.1, -0.05) is 51.0 Å². The molecule has 0 radical (unpaired) electrons. The number of aromatic hydroxyl groups is 1. The number of aromatic amines is 1. The molecule has 16 heteroatoms. The van der Waals surface area contributed by atoms with Crippen molar-refractivity contribution in [1.82, 2.24) is 50.5 Å². The van der Waals surface area contributed by atoms with Gasteiger partial charge in [0.25, 0.3) is 0 Å². The number of amides is 4. The van der Waals surface area contributed by atoms with Gasteiger partial charge in [-0.25, -0.2) is 9.78 Å². The van der Waals surface area contributed by atoms with Gasteiger partial charge < -0.3 is 45.4 Å². The minimum absolute atomic E-state index is 0.0180. The van der Waals surface area contributed by atoms with E-state index in [0.717, 1.165) is 91.1 Å². The maximum Gasteiger partial charge on any atom is 0.318 e. The van der Waals surface area contributed by atoms with Crippen molar-refractivity contribution in [3.63, 3.8) is 0 Å². The third-order valence-electron chi connectivity index (χ3n) is 15.6. The van der Waals surface area contributed by atoms with Gasteiger partial charge in [0.1, 0.15) is 23.7 Å². The fraction of sp³-hybridized carbons (Fsp3) is 0.491. The zero-order chi connectivity index (χ0) is 48.4. The van der Waals surface area contributed by atoms with Crippen LogP contribution in [0.2, 0.25) is 0 Å². The number of β-amino-alcohol motifs (C(OH)–C–C–N with tert-alkyl or cyclic N) is 1. The molecule has 1 spiro atoms. The number of fused-ring (bicyclic) bond motifs is 3. The molecule has 4 aliphatic heterocycles. The normalized spacial score (nSPS) is 22.6. The monoisotopic (exact) mass is 934 g/mol. The molecule has 3 saturated heterocycles. The number of carbonyl (C=O) groups excluding carboxylic acids is 3. The number of anilines is 1. The number of rotatable bonds is 9. The highest BCUT2D eigenvalue weighted by atomic mass is 16.3. The van der Waals surface area contributed by atoms with Crippen molar-refractivity contribution in [2.24, 2.45) is 10.8 Å². The number of phenols is 1. The Morgan fingerprint density at radius 3 is 2.39 bits per heavy atom. The third-order valence-corrected chi connectivity index (χ3v) is 15.6. The Kier molecular flexibility index (Phi) is 12.1. The molecular weight excluding hydrogens is 871 g/mol. The minimum Gasteiger partial charge on any atom is -0.507 e. The van der Waals surface area contributed by atoms with E-state index in [1.54, 1.807) is 17.0 Å². The third kappa shape index (κ3) is 8.87. The number of aliphatic hydroxyl groups excluding tert-OH is 1. The lowest BCUT2D eigenvalue weighted by Crippen LogP contribution is -2.70. The van der Waals surface area contributed by atoms with Gasteiger partial charge in [-0.3, -0.25) is 14.6 Å². The van der Waals surface area contributed by atoms with Crippen LogP contribution in [0.4, 0.5) is 10.6 Å². The molecule has 0 unspecified atom stereocenters. The molecule has 5 atom stereocenters. The number of piperidine rings is 1. The van der Waals surface area contributed by atoms with Crippen molar-refractivity contribution in [3.05, 3.63) is 95.1 Å². The number of hydrogen-bond donors (Lipinski definition) is 5. The van der Waals surface area contributed by atoms with Crippen LogP contribution in [0.15, 0.2) is 67.0 Å². The second kappa shape index (κ2) is 18.1. The van der Waals surface area contributed by atoms with Gasteiger partial charge in [-0.05, 0) is 93.9 Å². The molecule has 4 fully saturated rings. The Labute approximate surface area is 403 Å². The van der Waals surface area contributed by atoms with Gasteiger partial charge in [0.15, 0.2) is 5.65 Å². The Morgan fingerprint density at radius 2 is 1.71 bits per heavy atom. The van der Waals surface area contributed by atoms with Crippen LogP contribution < -0.4 is 15.5 Å². The number of benzene rings is 2. The van der Waals surface area contributed by atoms with Crippen LogP contribution >= 0.6 is 0 Å². The first-order chi connectivity index (χ1) is 33.1. The fourth-order valence-corrected chi connectivity index (χ4v) is 11.7. The average Bonchev–Trinajstić information content (AvgIpc) is 3.90. The molecule has 2 aromatic carbocycles. The number of terminal acetylenes is 1. The van der Waals surface area contributed by atoms with E-state index in [4.69, 9.17) is 16.4 Å². The van der Waals surface area contributed by atoms with Crippen molar-refractivity contribution < 1.29 is 24.6 Å². The van der Waals surface area contributed by atoms with Crippen molar-refractivity contribution in [2.75, 3.05) is 44.2 Å². The molecule has 0 bridgehead atoms. The second-order valence-corrected chi connectivity index (χ2v) is 21.3. The lowest BCUT2D eigenvalue weighted by Gasteiger charge is -2.61. The minimum atomic E-state index is -0.892. The summed E-state index contributed by atoms with van der Waals surface area (Å²) in [6.45, 7) is 13.9. The molecule has 16 nitrogen and oxygen atoms in total. The lowest BCUT2D eigenvalue weighted by atomic mass is 9.60. The highest BCUT2D eigenvalue weighted by Crippen LogP contribution is 2.51. The van der Waals surface area contributed by atoms with Gasteiger partial charge in [-0.2, -0.15) is 0 Å². The number of carbonyl (C=O) groups is 3. The molecule has 1 saturated carbocycles. The highest BCUT2D eigenvalue weighted by molar-refractivity contribution is 5.93. The van der Waals surface area contributed by atoms with Gasteiger partial charge in [0, 0.05) is 84.2 Å². The van der Waals surface area contributed by atoms with Gasteiger partial charge >= 0.3 is 6.03 Å². The number of hydrogen-bond acceptors (Lipinski definition) is 11. The predicted molar refractivity (Wildman–Crippen MR) is 262 cm³/mol. The van der Waals surface area contributed by atoms with Crippen LogP contribution in [0.5, 0.6) is 5.75 Å². The molecule has 1 aliphatic carbocycles. The molecule has 5 N–H and O–H groups in total. The summed E-state index contributed by atoms with van der Waals surface area (Å²) in [5.74, 6) is 3.24. The first kappa shape index (κ1) is 46.2. The second-order valence-electron chi connectivity index (χ2n) is 21.3. The zero-order valence-electron chi connectivity index (χ0n) is 40.2. The number of urea groups is 1. The largest absolute Gasteiger partial charge is 0.507 e. The van der Waals surface area contributed by atoms with Crippen LogP contribution in [0.25, 0.3) is 22.3 Å². The SMILES string of the molecule is C#Cc1ccc([C@H](C)NC(=O)[C@@H]2C[C@@H](O)CN2C(=O)[C@@H](NC(=O)N2CC3(CC(N4CCC(c5cnc(N6CCc7[nH]c8nnc(-c9ccccc9O)cc8c7[C@H]6C)cn5)CC4)C3)C2)C(C)(C)C)cc1. The Balaban J connectivity index is 0.696. The number of phenolic OH excluding ortho intramolecular Hbond substituents is 1. The van der Waals surface area contributed by atoms with Gasteiger partial charge in [0.05, 0.1) is 42.0 Å². The van der Waals surface area contributed by atoms with E-state index in [2.05, 4.69) is 48.5 Å². The van der Waals surface area contributed by atoms with E-state index in [1.807, 2.05) is 82.6 Å². The molecule has 69 heavy (non-hydrogen) atoms. The van der Waals surface area contributed by atoms with E-state index in [-0.39, 0.29) is 54.1 Å². The first-order valence-corrected chi connectivity index (χ1v) is 24.5. The zero-order valence-corrected chi connectivity index (χ0v) is 40.2. The molecule has 5 aromatic rings. The number of aromatic nitrogens is 5. The Morgan fingerprint density at radius 1 is 0.971 bits per heavy atom. The lowest BCUT2D eigenvalue weighted by molar-refractivity contribution is -0.142. The summed E-state index contributed by atoms with van der Waals surface area (Å²) >= 11 is 0. The molecule has 5 aliphatic rings. The van der Waals surface area contributed by atoms with E-state index < -0.39 is 23.6 Å². The van der Waals surface area contributed by atoms with Crippen molar-refractivity contribution in [2.45, 2.75) is 115 Å². The number of nitrogens with one attached hydrogen (secondary N) is 3. The van der Waals surface area contributed by atoms with E-state index in [0.29, 0.717) is 36.3 Å². The van der Waals surface area contributed by atoms with Crippen LogP contribution in [-0.2, 0) is 16.0 Å². The first-order valence-electron chi connectivity index (χ1n) is 24.5. The molecule has 7 heterocycles. The van der Waals surface area contributed by atoms with Crippen molar-refractivity contribution >= 4 is 34.7 Å². The van der Waals surface area contributed by atoms with Crippen molar-refractivity contribution in [3.8, 4) is 29.4 Å². The quantitative estimate of drug-likeness (QED) is 0.112. The van der Waals surface area contributed by atoms with E-state index in [9.17, 15) is 24.6 Å². The fourth-order valence-electron chi connectivity index (χ4n) is 11.7. The summed E-state index contributed by atoms with van der Waals surface area (Å²) in [5.41, 5.74) is 6.44. The van der Waals surface area contributed by atoms with Crippen LogP contribution in [-0.4, -0.2) is 131 Å². The maximum absolute atomic E-state index is 14.2. The van der Waals surface area contributed by atoms with Gasteiger partial charge in [0.2, 0.25) is 11.8 Å². The maximum atomic E-state index is 14.2. The Hall–Kier alpha value is -6.57. The number of para-hydroxylation sites is 1. The van der Waals surface area contributed by atoms with Crippen LogP contribution in [0, 0.1) is 23.2 Å². The number of H-pyrrole nitrogens is 1. The summed E-state index contributed by atoms with van der Waals surface area (Å²) in [5, 5.41) is 37.1. The number of nitrogens with zero attached hydrogens (tertiary/aromatic N) is 8. The summed E-state index contributed by atoms with van der Waals surface area (Å²) < 4.78 is 0. The van der Waals surface area contributed by atoms with Crippen LogP contribution in [0.3, 0.4) is 0 Å².